The van der Waals surface area contributed by atoms with E-state index < -0.39 is 28.5 Å². The molecular formula is C30H35Cl2N3O4S. The van der Waals surface area contributed by atoms with Gasteiger partial charge in [0.2, 0.25) is 11.8 Å². The Morgan fingerprint density at radius 1 is 0.950 bits per heavy atom. The van der Waals surface area contributed by atoms with Crippen molar-refractivity contribution in [3.05, 3.63) is 93.5 Å². The molecule has 7 nitrogen and oxygen atoms in total. The van der Waals surface area contributed by atoms with Crippen molar-refractivity contribution in [2.75, 3.05) is 17.9 Å². The minimum atomic E-state index is -4.14. The summed E-state index contributed by atoms with van der Waals surface area (Å²) in [6.45, 7) is 7.22. The molecule has 0 fully saturated rings. The maximum absolute atomic E-state index is 14.0. The van der Waals surface area contributed by atoms with Crippen molar-refractivity contribution in [3.63, 3.8) is 0 Å². The van der Waals surface area contributed by atoms with Crippen LogP contribution in [0.1, 0.15) is 49.8 Å². The average Bonchev–Trinajstić information content (AvgIpc) is 2.92. The molecule has 0 saturated carbocycles. The number of halogens is 2. The van der Waals surface area contributed by atoms with Gasteiger partial charge in [0.1, 0.15) is 12.6 Å². The molecule has 1 atom stereocenters. The van der Waals surface area contributed by atoms with Crippen molar-refractivity contribution < 1.29 is 18.0 Å². The number of sulfonamides is 1. The standard InChI is InChI=1S/C30H35Cl2N3O4S/c1-6-28(30(37)33-5)34(18-23-9-12-24(31)17-27(23)32)29(36)19-35(25-13-10-22(11-14-25)20(2)3)40(38,39)26-15-7-21(4)8-16-26/h7-17,20,28H,6,18-19H2,1-5H3,(H,33,37)/t28-/m1/s1. The zero-order valence-corrected chi connectivity index (χ0v) is 25.6. The molecule has 214 valence electrons. The fraction of sp³-hybridized carbons (Fsp3) is 0.333. The molecule has 0 heterocycles. The van der Waals surface area contributed by atoms with Crippen LogP contribution >= 0.6 is 23.2 Å². The smallest absolute Gasteiger partial charge is 0.264 e. The fourth-order valence-corrected chi connectivity index (χ4v) is 6.19. The lowest BCUT2D eigenvalue weighted by atomic mass is 10.0. The fourth-order valence-electron chi connectivity index (χ4n) is 4.31. The average molecular weight is 605 g/mol. The Hall–Kier alpha value is -3.07. The summed E-state index contributed by atoms with van der Waals surface area (Å²) in [6.07, 6.45) is 0.310. The Labute approximate surface area is 247 Å². The summed E-state index contributed by atoms with van der Waals surface area (Å²) in [4.78, 5) is 28.3. The zero-order valence-electron chi connectivity index (χ0n) is 23.3. The number of hydrogen-bond donors (Lipinski definition) is 1. The lowest BCUT2D eigenvalue weighted by Crippen LogP contribution is -2.51. The quantitative estimate of drug-likeness (QED) is 0.284. The summed E-state index contributed by atoms with van der Waals surface area (Å²) in [6, 6.07) is 17.6. The van der Waals surface area contributed by atoms with E-state index in [-0.39, 0.29) is 23.3 Å². The predicted octanol–water partition coefficient (Wildman–Crippen LogP) is 6.17. The van der Waals surface area contributed by atoms with Gasteiger partial charge < -0.3 is 10.2 Å². The van der Waals surface area contributed by atoms with Gasteiger partial charge in [-0.1, -0.05) is 79.9 Å². The molecule has 40 heavy (non-hydrogen) atoms. The second-order valence-electron chi connectivity index (χ2n) is 9.87. The molecule has 0 aromatic heterocycles. The first-order valence-corrected chi connectivity index (χ1v) is 15.2. The van der Waals surface area contributed by atoms with Gasteiger partial charge in [-0.2, -0.15) is 0 Å². The van der Waals surface area contributed by atoms with Gasteiger partial charge in [-0.3, -0.25) is 13.9 Å². The van der Waals surface area contributed by atoms with Crippen molar-refractivity contribution in [3.8, 4) is 0 Å². The van der Waals surface area contributed by atoms with Crippen molar-refractivity contribution in [1.29, 1.82) is 0 Å². The van der Waals surface area contributed by atoms with Crippen LogP contribution in [-0.4, -0.2) is 44.8 Å². The van der Waals surface area contributed by atoms with E-state index in [1.165, 1.54) is 24.1 Å². The number of aryl methyl sites for hydroxylation is 1. The van der Waals surface area contributed by atoms with Gasteiger partial charge >= 0.3 is 0 Å². The Morgan fingerprint density at radius 3 is 2.10 bits per heavy atom. The third-order valence-electron chi connectivity index (χ3n) is 6.72. The van der Waals surface area contributed by atoms with E-state index in [0.29, 0.717) is 27.7 Å². The third kappa shape index (κ3) is 7.36. The van der Waals surface area contributed by atoms with Crippen LogP contribution < -0.4 is 9.62 Å². The van der Waals surface area contributed by atoms with Gasteiger partial charge in [-0.25, -0.2) is 8.42 Å². The monoisotopic (exact) mass is 603 g/mol. The highest BCUT2D eigenvalue weighted by Crippen LogP contribution is 2.28. The molecule has 0 aliphatic rings. The Kier molecular flexibility index (Phi) is 10.6. The van der Waals surface area contributed by atoms with E-state index in [9.17, 15) is 18.0 Å². The molecule has 0 saturated heterocycles. The van der Waals surface area contributed by atoms with Gasteiger partial charge in [-0.15, -0.1) is 0 Å². The van der Waals surface area contributed by atoms with Crippen molar-refractivity contribution in [2.45, 2.75) is 57.5 Å². The molecular weight excluding hydrogens is 569 g/mol. The third-order valence-corrected chi connectivity index (χ3v) is 9.10. The normalized spacial score (nSPS) is 12.2. The molecule has 2 amide bonds. The van der Waals surface area contributed by atoms with Gasteiger partial charge in [-0.05, 0) is 66.8 Å². The number of benzene rings is 3. The Morgan fingerprint density at radius 2 is 1.57 bits per heavy atom. The van der Waals surface area contributed by atoms with Crippen LogP contribution in [0.5, 0.6) is 0 Å². The summed E-state index contributed by atoms with van der Waals surface area (Å²) >= 11 is 12.5. The van der Waals surface area contributed by atoms with E-state index in [4.69, 9.17) is 23.2 Å². The molecule has 0 unspecified atom stereocenters. The van der Waals surface area contributed by atoms with Crippen LogP contribution in [-0.2, 0) is 26.2 Å². The molecule has 0 aliphatic carbocycles. The van der Waals surface area contributed by atoms with Crippen molar-refractivity contribution in [2.24, 2.45) is 0 Å². The molecule has 0 bridgehead atoms. The zero-order chi connectivity index (χ0) is 29.6. The summed E-state index contributed by atoms with van der Waals surface area (Å²) in [5.74, 6) is -0.671. The summed E-state index contributed by atoms with van der Waals surface area (Å²) in [7, 11) is -2.64. The summed E-state index contributed by atoms with van der Waals surface area (Å²) < 4.78 is 29.0. The lowest BCUT2D eigenvalue weighted by Gasteiger charge is -2.33. The van der Waals surface area contributed by atoms with E-state index in [1.54, 1.807) is 49.4 Å². The largest absolute Gasteiger partial charge is 0.357 e. The van der Waals surface area contributed by atoms with E-state index in [0.717, 1.165) is 15.4 Å². The topological polar surface area (TPSA) is 86.8 Å². The number of nitrogens with one attached hydrogen (secondary N) is 1. The van der Waals surface area contributed by atoms with Gasteiger partial charge in [0, 0.05) is 23.6 Å². The molecule has 0 spiro atoms. The Balaban J connectivity index is 2.09. The van der Waals surface area contributed by atoms with Crippen LogP contribution in [0.3, 0.4) is 0 Å². The van der Waals surface area contributed by atoms with Gasteiger partial charge in [0.15, 0.2) is 0 Å². The highest BCUT2D eigenvalue weighted by atomic mass is 35.5. The second-order valence-corrected chi connectivity index (χ2v) is 12.6. The predicted molar refractivity (Wildman–Crippen MR) is 161 cm³/mol. The van der Waals surface area contributed by atoms with Crippen molar-refractivity contribution >= 4 is 50.7 Å². The maximum Gasteiger partial charge on any atom is 0.264 e. The number of likely N-dealkylation sites (N-methyl/N-ethyl adjacent to an activating group) is 1. The SMILES string of the molecule is CC[C@H](C(=O)NC)N(Cc1ccc(Cl)cc1Cl)C(=O)CN(c1ccc(C(C)C)cc1)S(=O)(=O)c1ccc(C)cc1. The van der Waals surface area contributed by atoms with Crippen LogP contribution in [0, 0.1) is 6.92 Å². The number of anilines is 1. The first kappa shape index (κ1) is 31.5. The molecule has 0 radical (unpaired) electrons. The van der Waals surface area contributed by atoms with Crippen LogP contribution in [0.25, 0.3) is 0 Å². The lowest BCUT2D eigenvalue weighted by molar-refractivity contribution is -0.140. The van der Waals surface area contributed by atoms with Gasteiger partial charge in [0.25, 0.3) is 10.0 Å². The maximum atomic E-state index is 14.0. The second kappa shape index (κ2) is 13.5. The van der Waals surface area contributed by atoms with Crippen LogP contribution in [0.2, 0.25) is 10.0 Å². The molecule has 3 aromatic rings. The van der Waals surface area contributed by atoms with Gasteiger partial charge in [0.05, 0.1) is 10.6 Å². The van der Waals surface area contributed by atoms with Crippen LogP contribution in [0.15, 0.2) is 71.6 Å². The van der Waals surface area contributed by atoms with Crippen molar-refractivity contribution in [1.82, 2.24) is 10.2 Å². The summed E-state index contributed by atoms with van der Waals surface area (Å²) in [5.41, 5.74) is 2.87. The number of rotatable bonds is 11. The molecule has 3 rings (SSSR count). The van der Waals surface area contributed by atoms with Crippen LogP contribution in [0.4, 0.5) is 5.69 Å². The number of nitrogens with zero attached hydrogens (tertiary/aromatic N) is 2. The minimum Gasteiger partial charge on any atom is -0.357 e. The summed E-state index contributed by atoms with van der Waals surface area (Å²) in [5, 5.41) is 3.38. The minimum absolute atomic E-state index is 0.00846. The highest BCUT2D eigenvalue weighted by molar-refractivity contribution is 7.92. The molecule has 0 aliphatic heterocycles. The first-order chi connectivity index (χ1) is 18.9. The molecule has 1 N–H and O–H groups in total. The molecule has 3 aromatic carbocycles. The van der Waals surface area contributed by atoms with E-state index >= 15 is 0 Å². The molecule has 10 heteroatoms. The number of carbonyl (C=O) groups excluding carboxylic acids is 2. The number of hydrogen-bond acceptors (Lipinski definition) is 4. The first-order valence-electron chi connectivity index (χ1n) is 13.0. The highest BCUT2D eigenvalue weighted by Gasteiger charge is 2.33. The van der Waals surface area contributed by atoms with E-state index in [2.05, 4.69) is 5.32 Å². The van der Waals surface area contributed by atoms with E-state index in [1.807, 2.05) is 32.9 Å². The number of amides is 2. The number of carbonyl (C=O) groups is 2. The Bertz CT molecular complexity index is 1440.